The van der Waals surface area contributed by atoms with E-state index in [-0.39, 0.29) is 12.1 Å². The Labute approximate surface area is 110 Å². The fourth-order valence-electron chi connectivity index (χ4n) is 2.32. The average Bonchev–Trinajstić information content (AvgIpc) is 2.61. The molecule has 0 amide bonds. The van der Waals surface area contributed by atoms with E-state index >= 15 is 0 Å². The molecule has 104 valence electrons. The molecule has 1 rings (SSSR count). The van der Waals surface area contributed by atoms with E-state index in [0.29, 0.717) is 6.54 Å². The first-order valence-corrected chi connectivity index (χ1v) is 6.86. The molecule has 4 heteroatoms. The molecule has 0 spiro atoms. The molecule has 4 nitrogen and oxygen atoms in total. The quantitative estimate of drug-likeness (QED) is 0.779. The highest BCUT2D eigenvalue weighted by Crippen LogP contribution is 2.16. The Morgan fingerprint density at radius 2 is 2.00 bits per heavy atom. The van der Waals surface area contributed by atoms with Gasteiger partial charge in [-0.05, 0) is 45.7 Å². The van der Waals surface area contributed by atoms with Gasteiger partial charge in [-0.2, -0.15) is 5.10 Å². The summed E-state index contributed by atoms with van der Waals surface area (Å²) in [6, 6.07) is 0. The zero-order valence-electron chi connectivity index (χ0n) is 12.4. The summed E-state index contributed by atoms with van der Waals surface area (Å²) in [5.41, 5.74) is 3.34. The Bertz CT molecular complexity index is 387. The fourth-order valence-corrected chi connectivity index (χ4v) is 2.32. The van der Waals surface area contributed by atoms with E-state index in [1.165, 1.54) is 11.3 Å². The maximum atomic E-state index is 9.59. The highest BCUT2D eigenvalue weighted by Gasteiger charge is 2.25. The molecule has 1 heterocycles. The summed E-state index contributed by atoms with van der Waals surface area (Å²) >= 11 is 0. The summed E-state index contributed by atoms with van der Waals surface area (Å²) < 4.78 is 2.02. The zero-order valence-corrected chi connectivity index (χ0v) is 12.4. The first-order valence-electron chi connectivity index (χ1n) is 6.86. The van der Waals surface area contributed by atoms with Gasteiger partial charge < -0.3 is 10.4 Å². The van der Waals surface area contributed by atoms with Gasteiger partial charge in [-0.1, -0.05) is 13.8 Å². The van der Waals surface area contributed by atoms with Gasteiger partial charge in [0.2, 0.25) is 0 Å². The first kappa shape index (κ1) is 15.2. The molecule has 1 atom stereocenters. The number of aliphatic hydroxyl groups excluding tert-OH is 1. The molecule has 1 unspecified atom stereocenters. The highest BCUT2D eigenvalue weighted by atomic mass is 16.3. The second-order valence-corrected chi connectivity index (χ2v) is 5.31. The van der Waals surface area contributed by atoms with Gasteiger partial charge >= 0.3 is 0 Å². The summed E-state index contributed by atoms with van der Waals surface area (Å²) in [6.07, 6.45) is 2.07. The fraction of sp³-hybridized carbons (Fsp3) is 0.786. The van der Waals surface area contributed by atoms with Crippen molar-refractivity contribution in [2.75, 3.05) is 13.2 Å². The van der Waals surface area contributed by atoms with Crippen LogP contribution in [0.3, 0.4) is 0 Å². The molecule has 0 fully saturated rings. The van der Waals surface area contributed by atoms with Crippen LogP contribution in [-0.4, -0.2) is 33.6 Å². The normalized spacial score (nSPS) is 14.8. The zero-order chi connectivity index (χ0) is 13.8. The molecule has 1 aromatic rings. The summed E-state index contributed by atoms with van der Waals surface area (Å²) in [7, 11) is 0. The van der Waals surface area contributed by atoms with Gasteiger partial charge in [-0.3, -0.25) is 4.68 Å². The van der Waals surface area contributed by atoms with E-state index in [2.05, 4.69) is 38.1 Å². The molecule has 0 aliphatic rings. The Kier molecular flexibility index (Phi) is 5.35. The lowest BCUT2D eigenvalue weighted by Crippen LogP contribution is -2.49. The van der Waals surface area contributed by atoms with Crippen LogP contribution < -0.4 is 5.32 Å². The number of aryl methyl sites for hydroxylation is 1. The molecular formula is C14H27N3O. The molecule has 0 aliphatic carbocycles. The van der Waals surface area contributed by atoms with E-state index in [0.717, 1.165) is 25.1 Å². The molecule has 0 saturated carbocycles. The summed E-state index contributed by atoms with van der Waals surface area (Å²) in [5.74, 6) is 0. The Morgan fingerprint density at radius 3 is 2.44 bits per heavy atom. The third-order valence-corrected chi connectivity index (χ3v) is 3.53. The van der Waals surface area contributed by atoms with Crippen LogP contribution in [0.15, 0.2) is 0 Å². The van der Waals surface area contributed by atoms with E-state index in [1.807, 2.05) is 11.6 Å². The minimum atomic E-state index is -0.301. The smallest absolute Gasteiger partial charge is 0.0628 e. The summed E-state index contributed by atoms with van der Waals surface area (Å²) in [6.45, 7) is 12.2. The number of rotatable bonds is 7. The minimum absolute atomic E-state index is 0.118. The second-order valence-electron chi connectivity index (χ2n) is 5.31. The average molecular weight is 253 g/mol. The van der Waals surface area contributed by atoms with Crippen molar-refractivity contribution >= 4 is 0 Å². The molecule has 0 bridgehead atoms. The first-order chi connectivity index (χ1) is 8.47. The van der Waals surface area contributed by atoms with Crippen molar-refractivity contribution in [1.29, 1.82) is 0 Å². The maximum absolute atomic E-state index is 9.59. The van der Waals surface area contributed by atoms with Crippen LogP contribution in [0.1, 0.15) is 44.1 Å². The molecule has 0 radical (unpaired) electrons. The van der Waals surface area contributed by atoms with Crippen molar-refractivity contribution in [3.63, 3.8) is 0 Å². The van der Waals surface area contributed by atoms with Crippen LogP contribution >= 0.6 is 0 Å². The molecule has 2 N–H and O–H groups in total. The Balaban J connectivity index is 2.88. The van der Waals surface area contributed by atoms with Crippen molar-refractivity contribution < 1.29 is 5.11 Å². The van der Waals surface area contributed by atoms with E-state index in [9.17, 15) is 5.11 Å². The van der Waals surface area contributed by atoms with E-state index in [4.69, 9.17) is 0 Å². The number of hydrogen-bond acceptors (Lipinski definition) is 3. The van der Waals surface area contributed by atoms with Gasteiger partial charge in [0.25, 0.3) is 0 Å². The van der Waals surface area contributed by atoms with Crippen LogP contribution in [-0.2, 0) is 13.0 Å². The maximum Gasteiger partial charge on any atom is 0.0628 e. The lowest BCUT2D eigenvalue weighted by molar-refractivity contribution is 0.152. The number of hydrogen-bond donors (Lipinski definition) is 2. The van der Waals surface area contributed by atoms with Crippen LogP contribution in [0.25, 0.3) is 0 Å². The number of nitrogens with zero attached hydrogens (tertiary/aromatic N) is 2. The standard InChI is InChI=1S/C14H27N3O/c1-6-8-15-14(5,10-18)9-17-12(4)13(7-2)11(3)16-17/h15,18H,6-10H2,1-5H3. The van der Waals surface area contributed by atoms with Crippen LogP contribution in [0.4, 0.5) is 0 Å². The van der Waals surface area contributed by atoms with Crippen molar-refractivity contribution in [3.8, 4) is 0 Å². The van der Waals surface area contributed by atoms with Crippen molar-refractivity contribution in [1.82, 2.24) is 15.1 Å². The van der Waals surface area contributed by atoms with Crippen molar-refractivity contribution in [2.45, 2.75) is 59.5 Å². The number of aromatic nitrogens is 2. The molecule has 18 heavy (non-hydrogen) atoms. The topological polar surface area (TPSA) is 50.1 Å². The lowest BCUT2D eigenvalue weighted by Gasteiger charge is -2.29. The van der Waals surface area contributed by atoms with Gasteiger partial charge in [0, 0.05) is 5.69 Å². The Hall–Kier alpha value is -0.870. The monoisotopic (exact) mass is 253 g/mol. The predicted octanol–water partition coefficient (Wildman–Crippen LogP) is 1.81. The highest BCUT2D eigenvalue weighted by molar-refractivity contribution is 5.24. The van der Waals surface area contributed by atoms with Crippen molar-refractivity contribution in [3.05, 3.63) is 17.0 Å². The van der Waals surface area contributed by atoms with E-state index < -0.39 is 0 Å². The summed E-state index contributed by atoms with van der Waals surface area (Å²) in [4.78, 5) is 0. The third-order valence-electron chi connectivity index (χ3n) is 3.53. The van der Waals surface area contributed by atoms with Gasteiger partial charge in [0.1, 0.15) is 0 Å². The SMILES string of the molecule is CCCNC(C)(CO)Cn1nc(C)c(CC)c1C. The third kappa shape index (κ3) is 3.33. The van der Waals surface area contributed by atoms with Gasteiger partial charge in [-0.15, -0.1) is 0 Å². The van der Waals surface area contributed by atoms with Crippen LogP contribution in [0.2, 0.25) is 0 Å². The molecular weight excluding hydrogens is 226 g/mol. The predicted molar refractivity (Wildman–Crippen MR) is 74.9 cm³/mol. The van der Waals surface area contributed by atoms with Crippen molar-refractivity contribution in [2.24, 2.45) is 0 Å². The molecule has 0 saturated heterocycles. The van der Waals surface area contributed by atoms with Crippen LogP contribution in [0.5, 0.6) is 0 Å². The lowest BCUT2D eigenvalue weighted by atomic mass is 10.0. The largest absolute Gasteiger partial charge is 0.394 e. The molecule has 0 aromatic carbocycles. The Morgan fingerprint density at radius 1 is 1.33 bits per heavy atom. The molecule has 1 aromatic heterocycles. The van der Waals surface area contributed by atoms with Gasteiger partial charge in [0.05, 0.1) is 24.4 Å². The number of nitrogens with one attached hydrogen (secondary N) is 1. The second kappa shape index (κ2) is 6.34. The van der Waals surface area contributed by atoms with Crippen LogP contribution in [0, 0.1) is 13.8 Å². The van der Waals surface area contributed by atoms with Gasteiger partial charge in [0.15, 0.2) is 0 Å². The van der Waals surface area contributed by atoms with E-state index in [1.54, 1.807) is 0 Å². The molecule has 0 aliphatic heterocycles. The summed E-state index contributed by atoms with van der Waals surface area (Å²) in [5, 5.41) is 17.6. The minimum Gasteiger partial charge on any atom is -0.394 e. The number of aliphatic hydroxyl groups is 1. The van der Waals surface area contributed by atoms with Gasteiger partial charge in [-0.25, -0.2) is 0 Å².